The Balaban J connectivity index is 1.48. The molecule has 3 N–H and O–H groups in total. The first kappa shape index (κ1) is 21.7. The number of carbonyl (C=O) groups excluding carboxylic acids is 1. The number of amides is 1. The minimum absolute atomic E-state index is 0.0241. The van der Waals surface area contributed by atoms with Crippen molar-refractivity contribution in [3.63, 3.8) is 0 Å². The van der Waals surface area contributed by atoms with E-state index in [4.69, 9.17) is 9.56 Å². The average molecular weight is 472 g/mol. The van der Waals surface area contributed by atoms with Crippen molar-refractivity contribution < 1.29 is 26.0 Å². The van der Waals surface area contributed by atoms with Gasteiger partial charge < -0.3 is 9.73 Å². The summed E-state index contributed by atoms with van der Waals surface area (Å²) in [7, 11) is -7.99. The highest BCUT2D eigenvalue weighted by Crippen LogP contribution is 2.23. The Hall–Kier alpha value is -3.54. The first-order valence-electron chi connectivity index (χ1n) is 9.23. The van der Waals surface area contributed by atoms with Gasteiger partial charge in [0, 0.05) is 18.1 Å². The molecule has 164 valence electrons. The lowest BCUT2D eigenvalue weighted by atomic mass is 10.2. The molecule has 0 spiro atoms. The molecule has 32 heavy (non-hydrogen) atoms. The van der Waals surface area contributed by atoms with E-state index in [9.17, 15) is 21.6 Å². The maximum absolute atomic E-state index is 12.8. The fourth-order valence-electron chi connectivity index (χ4n) is 3.01. The number of hydrogen-bond donors (Lipinski definition) is 2. The van der Waals surface area contributed by atoms with Gasteiger partial charge in [0.05, 0.1) is 20.9 Å². The lowest BCUT2D eigenvalue weighted by molar-refractivity contribution is 0.0925. The molecule has 2 aromatic heterocycles. The van der Waals surface area contributed by atoms with E-state index in [0.717, 1.165) is 11.5 Å². The first-order chi connectivity index (χ1) is 15.1. The van der Waals surface area contributed by atoms with Crippen molar-refractivity contribution in [1.82, 2.24) is 10.3 Å². The highest BCUT2D eigenvalue weighted by Gasteiger charge is 2.20. The summed E-state index contributed by atoms with van der Waals surface area (Å²) in [5.41, 5.74) is 1.16. The van der Waals surface area contributed by atoms with Gasteiger partial charge in [0.15, 0.2) is 11.3 Å². The van der Waals surface area contributed by atoms with Gasteiger partial charge in [-0.2, -0.15) is 0 Å². The van der Waals surface area contributed by atoms with Crippen molar-refractivity contribution in [3.05, 3.63) is 84.4 Å². The van der Waals surface area contributed by atoms with Crippen LogP contribution in [0, 0.1) is 0 Å². The quantitative estimate of drug-likeness (QED) is 0.438. The number of nitrogens with zero attached hydrogens (tertiary/aromatic N) is 1. The molecule has 9 nitrogen and oxygen atoms in total. The summed E-state index contributed by atoms with van der Waals surface area (Å²) in [6.45, 7) is 0.148. The SMILES string of the molecule is NS(=O)(=O)c1cccc(S(=O)(=O)c2ccc(CNC(=O)c3cc4ccncc4o3)cc2)c1. The molecular weight excluding hydrogens is 454 g/mol. The van der Waals surface area contributed by atoms with Crippen LogP contribution in [0.15, 0.2) is 92.2 Å². The topological polar surface area (TPSA) is 149 Å². The number of pyridine rings is 1. The zero-order valence-corrected chi connectivity index (χ0v) is 18.1. The van der Waals surface area contributed by atoms with Crippen LogP contribution in [-0.2, 0) is 26.4 Å². The number of benzene rings is 2. The molecule has 4 rings (SSSR count). The van der Waals surface area contributed by atoms with Gasteiger partial charge in [-0.15, -0.1) is 0 Å². The number of rotatable bonds is 6. The van der Waals surface area contributed by atoms with E-state index in [1.54, 1.807) is 30.5 Å². The fourth-order valence-corrected chi connectivity index (χ4v) is 4.95. The molecule has 0 unspecified atom stereocenters. The van der Waals surface area contributed by atoms with Crippen LogP contribution < -0.4 is 10.5 Å². The predicted octanol–water partition coefficient (Wildman–Crippen LogP) is 2.24. The van der Waals surface area contributed by atoms with Crippen LogP contribution in [0.2, 0.25) is 0 Å². The summed E-state index contributed by atoms with van der Waals surface area (Å²) >= 11 is 0. The number of sulfonamides is 1. The molecule has 0 radical (unpaired) electrons. The Labute approximate surface area is 183 Å². The lowest BCUT2D eigenvalue weighted by Gasteiger charge is -2.08. The number of hydrogen-bond acceptors (Lipinski definition) is 7. The largest absolute Gasteiger partial charge is 0.449 e. The van der Waals surface area contributed by atoms with Crippen LogP contribution in [0.3, 0.4) is 0 Å². The number of nitrogens with two attached hydrogens (primary N) is 1. The Morgan fingerprint density at radius 1 is 0.938 bits per heavy atom. The number of carbonyl (C=O) groups is 1. The fraction of sp³-hybridized carbons (Fsp3) is 0.0476. The van der Waals surface area contributed by atoms with Crippen molar-refractivity contribution in [2.75, 3.05) is 0 Å². The van der Waals surface area contributed by atoms with Crippen LogP contribution in [0.5, 0.6) is 0 Å². The Kier molecular flexibility index (Phi) is 5.55. The van der Waals surface area contributed by atoms with Crippen LogP contribution in [-0.4, -0.2) is 27.7 Å². The summed E-state index contributed by atoms with van der Waals surface area (Å²) in [6, 6.07) is 14.1. The normalized spacial score (nSPS) is 12.0. The maximum atomic E-state index is 12.8. The smallest absolute Gasteiger partial charge is 0.287 e. The standard InChI is InChI=1S/C21H17N3O6S2/c22-32(28,29)18-3-1-2-17(11-18)31(26,27)16-6-4-14(5-7-16)12-24-21(25)19-10-15-8-9-23-13-20(15)30-19/h1-11,13H,12H2,(H,24,25)(H2,22,28,29). The third-order valence-corrected chi connectivity index (χ3v) is 7.36. The van der Waals surface area contributed by atoms with E-state index >= 15 is 0 Å². The van der Waals surface area contributed by atoms with Gasteiger partial charge in [-0.25, -0.2) is 22.0 Å². The summed E-state index contributed by atoms with van der Waals surface area (Å²) in [5.74, 6) is -0.278. The Bertz CT molecular complexity index is 1490. The number of nitrogens with one attached hydrogen (secondary N) is 1. The first-order valence-corrected chi connectivity index (χ1v) is 12.3. The number of aromatic nitrogens is 1. The molecular formula is C21H17N3O6S2. The minimum atomic E-state index is -4.04. The molecule has 0 atom stereocenters. The minimum Gasteiger partial charge on any atom is -0.449 e. The molecule has 0 saturated carbocycles. The van der Waals surface area contributed by atoms with Gasteiger partial charge >= 0.3 is 0 Å². The molecule has 0 aliphatic heterocycles. The third kappa shape index (κ3) is 4.40. The van der Waals surface area contributed by atoms with Crippen LogP contribution in [0.1, 0.15) is 16.1 Å². The molecule has 0 bridgehead atoms. The number of primary sulfonamides is 1. The monoisotopic (exact) mass is 471 g/mol. The number of sulfone groups is 1. The molecule has 2 aromatic carbocycles. The van der Waals surface area contributed by atoms with Gasteiger partial charge in [-0.1, -0.05) is 18.2 Å². The van der Waals surface area contributed by atoms with Gasteiger partial charge in [0.2, 0.25) is 19.9 Å². The van der Waals surface area contributed by atoms with E-state index in [1.807, 2.05) is 0 Å². The zero-order valence-electron chi connectivity index (χ0n) is 16.4. The van der Waals surface area contributed by atoms with E-state index in [-0.39, 0.29) is 27.0 Å². The van der Waals surface area contributed by atoms with Crippen molar-refractivity contribution >= 4 is 36.7 Å². The summed E-state index contributed by atoms with van der Waals surface area (Å²) < 4.78 is 54.2. The molecule has 4 aromatic rings. The van der Waals surface area contributed by atoms with Gasteiger partial charge in [0.1, 0.15) is 0 Å². The molecule has 0 aliphatic rings. The second kappa shape index (κ2) is 8.19. The highest BCUT2D eigenvalue weighted by atomic mass is 32.2. The third-order valence-electron chi connectivity index (χ3n) is 4.68. The summed E-state index contributed by atoms with van der Waals surface area (Å²) in [4.78, 5) is 15.8. The summed E-state index contributed by atoms with van der Waals surface area (Å²) in [5, 5.41) is 8.55. The number of fused-ring (bicyclic) bond motifs is 1. The van der Waals surface area contributed by atoms with Crippen molar-refractivity contribution in [2.24, 2.45) is 5.14 Å². The molecule has 1 amide bonds. The average Bonchev–Trinajstić information content (AvgIpc) is 3.22. The van der Waals surface area contributed by atoms with E-state index in [1.165, 1.54) is 36.5 Å². The zero-order chi connectivity index (χ0) is 22.9. The maximum Gasteiger partial charge on any atom is 0.287 e. The van der Waals surface area contributed by atoms with Crippen molar-refractivity contribution in [2.45, 2.75) is 21.2 Å². The van der Waals surface area contributed by atoms with Gasteiger partial charge in [-0.3, -0.25) is 9.78 Å². The summed E-state index contributed by atoms with van der Waals surface area (Å²) in [6.07, 6.45) is 3.12. The van der Waals surface area contributed by atoms with Crippen molar-refractivity contribution in [1.29, 1.82) is 0 Å². The van der Waals surface area contributed by atoms with E-state index in [2.05, 4.69) is 10.3 Å². The molecule has 11 heteroatoms. The Morgan fingerprint density at radius 3 is 2.34 bits per heavy atom. The van der Waals surface area contributed by atoms with E-state index in [0.29, 0.717) is 11.1 Å². The lowest BCUT2D eigenvalue weighted by Crippen LogP contribution is -2.22. The molecule has 0 saturated heterocycles. The second-order valence-corrected chi connectivity index (χ2v) is 10.4. The molecule has 0 aliphatic carbocycles. The van der Waals surface area contributed by atoms with Crippen LogP contribution in [0.25, 0.3) is 11.0 Å². The number of furan rings is 1. The van der Waals surface area contributed by atoms with Crippen LogP contribution in [0.4, 0.5) is 0 Å². The molecule has 0 fully saturated rings. The van der Waals surface area contributed by atoms with Gasteiger partial charge in [-0.05, 0) is 48.0 Å². The Morgan fingerprint density at radius 2 is 1.66 bits per heavy atom. The second-order valence-electron chi connectivity index (χ2n) is 6.87. The molecule has 2 heterocycles. The van der Waals surface area contributed by atoms with Gasteiger partial charge in [0.25, 0.3) is 5.91 Å². The van der Waals surface area contributed by atoms with E-state index < -0.39 is 25.8 Å². The predicted molar refractivity (Wildman–Crippen MR) is 115 cm³/mol. The van der Waals surface area contributed by atoms with Crippen LogP contribution >= 0.6 is 0 Å². The highest BCUT2D eigenvalue weighted by molar-refractivity contribution is 7.91. The van der Waals surface area contributed by atoms with Crippen molar-refractivity contribution in [3.8, 4) is 0 Å².